The van der Waals surface area contributed by atoms with Gasteiger partial charge in [-0.05, 0) is 49.4 Å². The van der Waals surface area contributed by atoms with Gasteiger partial charge in [-0.25, -0.2) is 9.13 Å². The summed E-state index contributed by atoms with van der Waals surface area (Å²) in [6, 6.07) is 0. The second kappa shape index (κ2) is 62.6. The molecule has 17 nitrogen and oxygen atoms in total. The van der Waals surface area contributed by atoms with Gasteiger partial charge >= 0.3 is 39.5 Å². The van der Waals surface area contributed by atoms with E-state index in [0.29, 0.717) is 25.7 Å². The van der Waals surface area contributed by atoms with Gasteiger partial charge in [-0.15, -0.1) is 0 Å². The Labute approximate surface area is 562 Å². The van der Waals surface area contributed by atoms with E-state index in [0.717, 1.165) is 120 Å². The van der Waals surface area contributed by atoms with Crippen molar-refractivity contribution < 1.29 is 80.2 Å². The van der Waals surface area contributed by atoms with Crippen molar-refractivity contribution in [2.45, 2.75) is 382 Å². The van der Waals surface area contributed by atoms with Gasteiger partial charge in [-0.1, -0.05) is 312 Å². The summed E-state index contributed by atoms with van der Waals surface area (Å²) < 4.78 is 68.4. The van der Waals surface area contributed by atoms with E-state index < -0.39 is 97.5 Å². The van der Waals surface area contributed by atoms with Crippen LogP contribution in [0.25, 0.3) is 0 Å². The molecule has 0 aliphatic heterocycles. The van der Waals surface area contributed by atoms with Crippen molar-refractivity contribution in [3.63, 3.8) is 0 Å². The second-order valence-electron chi connectivity index (χ2n) is 27.5. The SMILES string of the molecule is CCC(C)CCCCCCCCCCCCCCCCC(=O)O[C@H](COC(=O)CCCCCCCCC(C)CC)COP(=O)(O)OC[C@H](O)COP(=O)(O)OC[C@@H](COC(=O)CCCCCCCCCCC(C)CC)OC(=O)CCCCCCCCCCCC(C)C. The lowest BCUT2D eigenvalue weighted by Gasteiger charge is -2.21. The molecule has 0 bridgehead atoms. The number of aliphatic hydroxyl groups is 1. The first-order chi connectivity index (χ1) is 44.2. The molecule has 0 rings (SSSR count). The zero-order valence-corrected chi connectivity index (χ0v) is 62.0. The van der Waals surface area contributed by atoms with E-state index in [-0.39, 0.29) is 25.7 Å². The first-order valence-corrected chi connectivity index (χ1v) is 40.8. The van der Waals surface area contributed by atoms with Gasteiger partial charge < -0.3 is 33.8 Å². The molecule has 0 saturated carbocycles. The number of phosphoric acid groups is 2. The predicted octanol–water partition coefficient (Wildman–Crippen LogP) is 20.9. The number of hydrogen-bond acceptors (Lipinski definition) is 15. The Kier molecular flexibility index (Phi) is 61.3. The third-order valence-corrected chi connectivity index (χ3v) is 19.8. The van der Waals surface area contributed by atoms with Crippen LogP contribution >= 0.6 is 15.6 Å². The van der Waals surface area contributed by atoms with Crippen LogP contribution < -0.4 is 0 Å². The van der Waals surface area contributed by atoms with Crippen molar-refractivity contribution in [2.75, 3.05) is 39.6 Å². The van der Waals surface area contributed by atoms with Crippen LogP contribution in [0.5, 0.6) is 0 Å². The number of carbonyl (C=O) groups excluding carboxylic acids is 4. The lowest BCUT2D eigenvalue weighted by Crippen LogP contribution is -2.30. The molecule has 19 heteroatoms. The lowest BCUT2D eigenvalue weighted by atomic mass is 9.99. The topological polar surface area (TPSA) is 237 Å². The standard InChI is InChI=1S/C73H142O17P2/c1-9-64(6)50-42-34-26-20-16-14-12-13-15-17-21-29-39-47-55-72(77)90-69(60-84-71(76)54-46-38-32-31-36-44-52-66(8)11-3)62-88-92(81,82)86-58-67(74)57-85-91(79,80)87-61-68(89-73(78)56-48-40-30-22-18-19-25-33-41-49-63(4)5)59-83-70(75)53-45-37-28-24-23-27-35-43-51-65(7)10-2/h63-69,74H,9-62H2,1-8H3,(H,79,80)(H,81,82)/t64?,65?,66?,67-,68-,69-/m1/s1. The molecular weight excluding hydrogens is 1210 g/mol. The number of phosphoric ester groups is 2. The molecular formula is C73H142O17P2. The number of unbranched alkanes of at least 4 members (excludes halogenated alkanes) is 33. The van der Waals surface area contributed by atoms with Gasteiger partial charge in [0.05, 0.1) is 26.4 Å². The van der Waals surface area contributed by atoms with Crippen LogP contribution in [0.1, 0.15) is 364 Å². The molecule has 5 unspecified atom stereocenters. The Bertz CT molecular complexity index is 1820. The highest BCUT2D eigenvalue weighted by molar-refractivity contribution is 7.47. The fraction of sp³-hybridized carbons (Fsp3) is 0.945. The molecule has 0 aromatic rings. The van der Waals surface area contributed by atoms with E-state index >= 15 is 0 Å². The molecule has 0 radical (unpaired) electrons. The molecule has 0 aliphatic rings. The maximum atomic E-state index is 13.0. The van der Waals surface area contributed by atoms with E-state index in [2.05, 4.69) is 55.4 Å². The highest BCUT2D eigenvalue weighted by atomic mass is 31.2. The van der Waals surface area contributed by atoms with E-state index in [1.807, 2.05) is 0 Å². The summed E-state index contributed by atoms with van der Waals surface area (Å²) in [4.78, 5) is 72.7. The highest BCUT2D eigenvalue weighted by Gasteiger charge is 2.30. The number of ether oxygens (including phenoxy) is 4. The van der Waals surface area contributed by atoms with Gasteiger partial charge in [0.2, 0.25) is 0 Å². The predicted molar refractivity (Wildman–Crippen MR) is 372 cm³/mol. The normalized spacial score (nSPS) is 15.1. The van der Waals surface area contributed by atoms with Gasteiger partial charge in [-0.2, -0.15) is 0 Å². The molecule has 0 aromatic carbocycles. The molecule has 0 amide bonds. The number of carbonyl (C=O) groups is 4. The van der Waals surface area contributed by atoms with Crippen LogP contribution in [0, 0.1) is 23.7 Å². The van der Waals surface area contributed by atoms with Crippen molar-refractivity contribution in [3.05, 3.63) is 0 Å². The summed E-state index contributed by atoms with van der Waals surface area (Å²) in [5.41, 5.74) is 0. The van der Waals surface area contributed by atoms with Gasteiger partial charge in [0.15, 0.2) is 12.2 Å². The zero-order valence-electron chi connectivity index (χ0n) is 60.2. The summed E-state index contributed by atoms with van der Waals surface area (Å²) in [5.74, 6) is 0.964. The van der Waals surface area contributed by atoms with Crippen molar-refractivity contribution in [1.29, 1.82) is 0 Å². The molecule has 8 atom stereocenters. The van der Waals surface area contributed by atoms with Gasteiger partial charge in [0, 0.05) is 25.7 Å². The minimum atomic E-state index is -4.95. The van der Waals surface area contributed by atoms with Gasteiger partial charge in [-0.3, -0.25) is 37.3 Å². The van der Waals surface area contributed by atoms with Crippen molar-refractivity contribution in [1.82, 2.24) is 0 Å². The second-order valence-corrected chi connectivity index (χ2v) is 30.4. The molecule has 92 heavy (non-hydrogen) atoms. The Morgan fingerprint density at radius 3 is 0.772 bits per heavy atom. The first kappa shape index (κ1) is 90.1. The van der Waals surface area contributed by atoms with Gasteiger partial charge in [0.1, 0.15) is 19.3 Å². The molecule has 0 aliphatic carbocycles. The fourth-order valence-corrected chi connectivity index (χ4v) is 12.5. The van der Waals surface area contributed by atoms with Gasteiger partial charge in [0.25, 0.3) is 0 Å². The molecule has 546 valence electrons. The van der Waals surface area contributed by atoms with Crippen LogP contribution in [-0.2, 0) is 65.4 Å². The van der Waals surface area contributed by atoms with Crippen molar-refractivity contribution in [2.24, 2.45) is 23.7 Å². The van der Waals surface area contributed by atoms with Crippen molar-refractivity contribution in [3.8, 4) is 0 Å². The Hall–Kier alpha value is -1.94. The average molecular weight is 1350 g/mol. The summed E-state index contributed by atoms with van der Waals surface area (Å²) in [7, 11) is -9.91. The summed E-state index contributed by atoms with van der Waals surface area (Å²) >= 11 is 0. The number of rotatable bonds is 70. The molecule has 0 spiro atoms. The van der Waals surface area contributed by atoms with E-state index in [1.54, 1.807) is 0 Å². The van der Waals surface area contributed by atoms with Crippen LogP contribution in [0.15, 0.2) is 0 Å². The van der Waals surface area contributed by atoms with Crippen LogP contribution in [-0.4, -0.2) is 96.7 Å². The summed E-state index contributed by atoms with van der Waals surface area (Å²) in [5, 5.41) is 10.6. The number of aliphatic hydroxyl groups excluding tert-OH is 1. The quantitative estimate of drug-likeness (QED) is 0.0222. The zero-order chi connectivity index (χ0) is 68.2. The molecule has 0 fully saturated rings. The monoisotopic (exact) mass is 1350 g/mol. The van der Waals surface area contributed by atoms with Crippen LogP contribution in [0.2, 0.25) is 0 Å². The molecule has 0 heterocycles. The lowest BCUT2D eigenvalue weighted by molar-refractivity contribution is -0.161. The Morgan fingerprint density at radius 1 is 0.304 bits per heavy atom. The number of esters is 4. The Balaban J connectivity index is 5.24. The van der Waals surface area contributed by atoms with E-state index in [9.17, 15) is 43.2 Å². The largest absolute Gasteiger partial charge is 0.472 e. The maximum absolute atomic E-state index is 13.0. The van der Waals surface area contributed by atoms with Crippen molar-refractivity contribution >= 4 is 39.5 Å². The molecule has 0 saturated heterocycles. The third-order valence-electron chi connectivity index (χ3n) is 17.9. The Morgan fingerprint density at radius 2 is 0.522 bits per heavy atom. The smallest absolute Gasteiger partial charge is 0.462 e. The highest BCUT2D eigenvalue weighted by Crippen LogP contribution is 2.45. The van der Waals surface area contributed by atoms with Crippen LogP contribution in [0.4, 0.5) is 0 Å². The van der Waals surface area contributed by atoms with E-state index in [1.165, 1.54) is 161 Å². The summed E-state index contributed by atoms with van der Waals surface area (Å²) in [6.45, 7) is 14.2. The third kappa shape index (κ3) is 62.8. The average Bonchev–Trinajstić information content (AvgIpc) is 2.50. The molecule has 0 aromatic heterocycles. The number of hydrogen-bond donors (Lipinski definition) is 3. The van der Waals surface area contributed by atoms with Crippen LogP contribution in [0.3, 0.4) is 0 Å². The first-order valence-electron chi connectivity index (χ1n) is 37.8. The fourth-order valence-electron chi connectivity index (χ4n) is 10.9. The van der Waals surface area contributed by atoms with E-state index in [4.69, 9.17) is 37.0 Å². The minimum absolute atomic E-state index is 0.104. The maximum Gasteiger partial charge on any atom is 0.472 e. The molecule has 3 N–H and O–H groups in total. The minimum Gasteiger partial charge on any atom is -0.462 e. The summed E-state index contributed by atoms with van der Waals surface area (Å²) in [6.07, 6.45) is 45.7.